The van der Waals surface area contributed by atoms with Crippen LogP contribution in [-0.4, -0.2) is 38.9 Å². The molecule has 1 saturated heterocycles. The fourth-order valence-corrected chi connectivity index (χ4v) is 3.10. The van der Waals surface area contributed by atoms with E-state index in [1.54, 1.807) is 13.1 Å². The van der Waals surface area contributed by atoms with Crippen molar-refractivity contribution in [1.82, 2.24) is 9.62 Å². The van der Waals surface area contributed by atoms with Crippen molar-refractivity contribution < 1.29 is 8.42 Å². The van der Waals surface area contributed by atoms with E-state index < -0.39 is 10.0 Å². The van der Waals surface area contributed by atoms with Gasteiger partial charge >= 0.3 is 0 Å². The second kappa shape index (κ2) is 5.65. The molecule has 0 bridgehead atoms. The van der Waals surface area contributed by atoms with Gasteiger partial charge in [0.25, 0.3) is 0 Å². The lowest BCUT2D eigenvalue weighted by Crippen LogP contribution is -2.37. The molecular formula is C13H18N2O2S. The maximum atomic E-state index is 12.1. The molecule has 0 aliphatic carbocycles. The van der Waals surface area contributed by atoms with Crippen LogP contribution in [0, 0.1) is 0 Å². The van der Waals surface area contributed by atoms with Gasteiger partial charge < -0.3 is 5.32 Å². The molecule has 2 rings (SSSR count). The third-order valence-corrected chi connectivity index (χ3v) is 4.76. The van der Waals surface area contributed by atoms with E-state index >= 15 is 0 Å². The van der Waals surface area contributed by atoms with Gasteiger partial charge in [-0.25, -0.2) is 8.42 Å². The Morgan fingerprint density at radius 2 is 2.06 bits per heavy atom. The highest BCUT2D eigenvalue weighted by atomic mass is 32.2. The molecule has 1 aliphatic heterocycles. The zero-order valence-electron chi connectivity index (χ0n) is 10.4. The summed E-state index contributed by atoms with van der Waals surface area (Å²) >= 11 is 0. The lowest BCUT2D eigenvalue weighted by Gasteiger charge is -2.20. The third kappa shape index (κ3) is 3.19. The summed E-state index contributed by atoms with van der Waals surface area (Å²) < 4.78 is 25.7. The molecule has 0 amide bonds. The smallest absolute Gasteiger partial charge is 0.236 e. The summed E-state index contributed by atoms with van der Waals surface area (Å²) in [6.07, 6.45) is 2.50. The van der Waals surface area contributed by atoms with Crippen molar-refractivity contribution in [3.63, 3.8) is 0 Å². The maximum Gasteiger partial charge on any atom is 0.236 e. The number of nitrogens with one attached hydrogen (secondary N) is 1. The number of sulfonamides is 1. The zero-order valence-corrected chi connectivity index (χ0v) is 11.2. The van der Waals surface area contributed by atoms with Gasteiger partial charge in [-0.2, -0.15) is 4.31 Å². The van der Waals surface area contributed by atoms with Crippen molar-refractivity contribution >= 4 is 16.1 Å². The number of benzene rings is 1. The minimum absolute atomic E-state index is 0.0652. The van der Waals surface area contributed by atoms with Crippen molar-refractivity contribution in [3.05, 3.63) is 41.3 Å². The summed E-state index contributed by atoms with van der Waals surface area (Å²) in [7, 11) is -1.69. The summed E-state index contributed by atoms with van der Waals surface area (Å²) in [4.78, 5) is 0. The van der Waals surface area contributed by atoms with Crippen LogP contribution in [0.5, 0.6) is 0 Å². The van der Waals surface area contributed by atoms with E-state index in [0.29, 0.717) is 0 Å². The number of nitrogens with zero attached hydrogens (tertiary/aromatic N) is 1. The molecule has 0 aromatic heterocycles. The highest BCUT2D eigenvalue weighted by Gasteiger charge is 2.26. The molecule has 1 aliphatic rings. The quantitative estimate of drug-likeness (QED) is 0.893. The van der Waals surface area contributed by atoms with Crippen LogP contribution in [0.2, 0.25) is 0 Å². The molecule has 0 saturated carbocycles. The van der Waals surface area contributed by atoms with E-state index in [1.165, 1.54) is 9.71 Å². The molecule has 18 heavy (non-hydrogen) atoms. The van der Waals surface area contributed by atoms with Gasteiger partial charge in [0, 0.05) is 25.0 Å². The first-order chi connectivity index (χ1) is 8.59. The van der Waals surface area contributed by atoms with Crippen LogP contribution in [0.15, 0.2) is 35.7 Å². The van der Waals surface area contributed by atoms with Crippen molar-refractivity contribution in [2.75, 3.05) is 20.1 Å². The van der Waals surface area contributed by atoms with Crippen LogP contribution in [0.3, 0.4) is 0 Å². The van der Waals surface area contributed by atoms with Crippen molar-refractivity contribution in [1.29, 1.82) is 0 Å². The highest BCUT2D eigenvalue weighted by Crippen LogP contribution is 2.13. The second-order valence-electron chi connectivity index (χ2n) is 4.42. The Bertz CT molecular complexity index is 505. The molecule has 5 heteroatoms. The average Bonchev–Trinajstić information content (AvgIpc) is 2.90. The summed E-state index contributed by atoms with van der Waals surface area (Å²) in [6, 6.07) is 9.50. The first-order valence-corrected chi connectivity index (χ1v) is 7.52. The van der Waals surface area contributed by atoms with Gasteiger partial charge in [0.1, 0.15) is 0 Å². The molecular weight excluding hydrogens is 248 g/mol. The van der Waals surface area contributed by atoms with Crippen molar-refractivity contribution in [3.8, 4) is 0 Å². The molecule has 98 valence electrons. The standard InChI is InChI=1S/C13H18N2O2S/c1-15(13-7-9-14-11-13)18(16,17)10-8-12-5-3-2-4-6-12/h2-6,8,10,13-14H,7,9,11H2,1H3/b10-8+. The van der Waals surface area contributed by atoms with Crippen molar-refractivity contribution in [2.24, 2.45) is 0 Å². The maximum absolute atomic E-state index is 12.1. The molecule has 1 fully saturated rings. The van der Waals surface area contributed by atoms with E-state index in [9.17, 15) is 8.42 Å². The van der Waals surface area contributed by atoms with E-state index in [0.717, 1.165) is 25.1 Å². The normalized spacial score (nSPS) is 20.9. The van der Waals surface area contributed by atoms with Crippen LogP contribution in [0.25, 0.3) is 6.08 Å². The molecule has 0 radical (unpaired) electrons. The van der Waals surface area contributed by atoms with Crippen LogP contribution >= 0.6 is 0 Å². The van der Waals surface area contributed by atoms with Crippen molar-refractivity contribution in [2.45, 2.75) is 12.5 Å². The summed E-state index contributed by atoms with van der Waals surface area (Å²) in [5, 5.41) is 4.45. The van der Waals surface area contributed by atoms with Gasteiger partial charge in [-0.1, -0.05) is 30.3 Å². The largest absolute Gasteiger partial charge is 0.315 e. The highest BCUT2D eigenvalue weighted by molar-refractivity contribution is 7.92. The lowest BCUT2D eigenvalue weighted by atomic mass is 10.2. The number of rotatable bonds is 4. The number of likely N-dealkylation sites (N-methyl/N-ethyl adjacent to an activating group) is 1. The van der Waals surface area contributed by atoms with E-state index in [4.69, 9.17) is 0 Å². The van der Waals surface area contributed by atoms with Gasteiger partial charge in [0.05, 0.1) is 0 Å². The molecule has 1 heterocycles. The van der Waals surface area contributed by atoms with Gasteiger partial charge in [-0.05, 0) is 24.6 Å². The molecule has 4 nitrogen and oxygen atoms in total. The van der Waals surface area contributed by atoms with Gasteiger partial charge in [0.2, 0.25) is 10.0 Å². The third-order valence-electron chi connectivity index (χ3n) is 3.18. The minimum atomic E-state index is -3.33. The van der Waals surface area contributed by atoms with Crippen LogP contribution in [0.1, 0.15) is 12.0 Å². The average molecular weight is 266 g/mol. The Morgan fingerprint density at radius 3 is 2.67 bits per heavy atom. The molecule has 0 spiro atoms. The van der Waals surface area contributed by atoms with Gasteiger partial charge in [-0.15, -0.1) is 0 Å². The minimum Gasteiger partial charge on any atom is -0.315 e. The monoisotopic (exact) mass is 266 g/mol. The summed E-state index contributed by atoms with van der Waals surface area (Å²) in [5.74, 6) is 0. The van der Waals surface area contributed by atoms with Crippen LogP contribution in [0.4, 0.5) is 0 Å². The molecule has 1 unspecified atom stereocenters. The molecule has 1 N–H and O–H groups in total. The number of hydrogen-bond acceptors (Lipinski definition) is 3. The lowest BCUT2D eigenvalue weighted by molar-refractivity contribution is 0.393. The van der Waals surface area contributed by atoms with Gasteiger partial charge in [-0.3, -0.25) is 0 Å². The SMILES string of the molecule is CN(C1CCNC1)S(=O)(=O)/C=C/c1ccccc1. The Balaban J connectivity index is 2.09. The van der Waals surface area contributed by atoms with E-state index in [1.807, 2.05) is 30.3 Å². The summed E-state index contributed by atoms with van der Waals surface area (Å²) in [6.45, 7) is 1.61. The Morgan fingerprint density at radius 1 is 1.33 bits per heavy atom. The second-order valence-corrected chi connectivity index (χ2v) is 6.30. The fourth-order valence-electron chi connectivity index (χ4n) is 1.98. The first-order valence-electron chi connectivity index (χ1n) is 6.01. The topological polar surface area (TPSA) is 49.4 Å². The predicted molar refractivity (Wildman–Crippen MR) is 73.4 cm³/mol. The predicted octanol–water partition coefficient (Wildman–Crippen LogP) is 1.28. The zero-order chi connectivity index (χ0) is 13.0. The molecule has 1 aromatic carbocycles. The molecule has 1 atom stereocenters. The van der Waals surface area contributed by atoms with Crippen LogP contribution in [-0.2, 0) is 10.0 Å². The van der Waals surface area contributed by atoms with Gasteiger partial charge in [0.15, 0.2) is 0 Å². The Labute approximate surface area is 108 Å². The number of hydrogen-bond donors (Lipinski definition) is 1. The first kappa shape index (κ1) is 13.3. The molecule has 1 aromatic rings. The summed E-state index contributed by atoms with van der Waals surface area (Å²) in [5.41, 5.74) is 0.888. The Kier molecular flexibility index (Phi) is 4.16. The van der Waals surface area contributed by atoms with E-state index in [2.05, 4.69) is 5.32 Å². The van der Waals surface area contributed by atoms with E-state index in [-0.39, 0.29) is 6.04 Å². The van der Waals surface area contributed by atoms with Crippen LogP contribution < -0.4 is 5.32 Å². The Hall–Kier alpha value is -1.17. The fraction of sp³-hybridized carbons (Fsp3) is 0.385.